The Bertz CT molecular complexity index is 719. The van der Waals surface area contributed by atoms with Gasteiger partial charge < -0.3 is 5.32 Å². The molecule has 20 heavy (non-hydrogen) atoms. The molecule has 1 aromatic heterocycles. The summed E-state index contributed by atoms with van der Waals surface area (Å²) in [7, 11) is 0. The van der Waals surface area contributed by atoms with Crippen LogP contribution in [-0.4, -0.2) is 22.1 Å². The highest BCUT2D eigenvalue weighted by Crippen LogP contribution is 2.11. The van der Waals surface area contributed by atoms with Gasteiger partial charge in [0.15, 0.2) is 0 Å². The van der Waals surface area contributed by atoms with Crippen LogP contribution in [0.5, 0.6) is 0 Å². The van der Waals surface area contributed by atoms with Gasteiger partial charge in [-0.1, -0.05) is 42.5 Å². The van der Waals surface area contributed by atoms with E-state index in [1.165, 1.54) is 5.56 Å². The minimum absolute atomic E-state index is 0.144. The molecule has 1 heterocycles. The van der Waals surface area contributed by atoms with Crippen molar-refractivity contribution in [1.82, 2.24) is 14.9 Å². The van der Waals surface area contributed by atoms with E-state index in [9.17, 15) is 4.79 Å². The van der Waals surface area contributed by atoms with Crippen molar-refractivity contribution in [3.8, 4) is 0 Å². The molecule has 0 saturated carbocycles. The van der Waals surface area contributed by atoms with E-state index in [2.05, 4.69) is 22.4 Å². The van der Waals surface area contributed by atoms with Gasteiger partial charge in [0.1, 0.15) is 6.33 Å². The summed E-state index contributed by atoms with van der Waals surface area (Å²) < 4.78 is 1.54. The third kappa shape index (κ3) is 2.54. The Labute approximate surface area is 117 Å². The molecule has 0 aliphatic heterocycles. The van der Waals surface area contributed by atoms with Crippen molar-refractivity contribution in [1.29, 1.82) is 0 Å². The smallest absolute Gasteiger partial charge is 0.327 e. The maximum Gasteiger partial charge on any atom is 0.327 e. The Morgan fingerprint density at radius 2 is 1.80 bits per heavy atom. The lowest BCUT2D eigenvalue weighted by atomic mass is 10.1. The Hall–Kier alpha value is -2.62. The molecule has 1 N–H and O–H groups in total. The van der Waals surface area contributed by atoms with Crippen molar-refractivity contribution < 1.29 is 4.79 Å². The molecule has 0 bridgehead atoms. The fourth-order valence-corrected chi connectivity index (χ4v) is 2.16. The molecule has 0 aliphatic carbocycles. The lowest BCUT2D eigenvalue weighted by Crippen LogP contribution is -2.29. The summed E-state index contributed by atoms with van der Waals surface area (Å²) in [4.78, 5) is 16.3. The summed E-state index contributed by atoms with van der Waals surface area (Å²) in [5.74, 6) is 0. The topological polar surface area (TPSA) is 46.9 Å². The summed E-state index contributed by atoms with van der Waals surface area (Å²) in [6.45, 7) is 0.607. The van der Waals surface area contributed by atoms with Gasteiger partial charge in [0.05, 0.1) is 11.0 Å². The SMILES string of the molecule is O=C(NCCc1ccccc1)n1cnc2ccccc21. The standard InChI is InChI=1S/C16H15N3O/c20-16(17-11-10-13-6-2-1-3-7-13)19-12-18-14-8-4-5-9-15(14)19/h1-9,12H,10-11H2,(H,17,20). The lowest BCUT2D eigenvalue weighted by molar-refractivity contribution is 0.243. The van der Waals surface area contributed by atoms with Gasteiger partial charge in [-0.15, -0.1) is 0 Å². The molecule has 0 radical (unpaired) electrons. The summed E-state index contributed by atoms with van der Waals surface area (Å²) in [6, 6.07) is 17.5. The number of aromatic nitrogens is 2. The number of carbonyl (C=O) groups excluding carboxylic acids is 1. The highest BCUT2D eigenvalue weighted by molar-refractivity contribution is 5.88. The Kier molecular flexibility index (Phi) is 3.46. The summed E-state index contributed by atoms with van der Waals surface area (Å²) in [5, 5.41) is 2.91. The van der Waals surface area contributed by atoms with Crippen molar-refractivity contribution in [2.45, 2.75) is 6.42 Å². The van der Waals surface area contributed by atoms with E-state index in [0.717, 1.165) is 17.5 Å². The molecule has 3 rings (SSSR count). The zero-order valence-corrected chi connectivity index (χ0v) is 11.0. The largest absolute Gasteiger partial charge is 0.337 e. The number of nitrogens with zero attached hydrogens (tertiary/aromatic N) is 2. The Balaban J connectivity index is 1.65. The van der Waals surface area contributed by atoms with E-state index < -0.39 is 0 Å². The molecule has 0 fully saturated rings. The molecule has 0 spiro atoms. The van der Waals surface area contributed by atoms with Gasteiger partial charge in [0.25, 0.3) is 0 Å². The van der Waals surface area contributed by atoms with Gasteiger partial charge in [-0.25, -0.2) is 9.78 Å². The van der Waals surface area contributed by atoms with Crippen LogP contribution in [0.25, 0.3) is 11.0 Å². The second kappa shape index (κ2) is 5.57. The molecule has 1 amide bonds. The van der Waals surface area contributed by atoms with E-state index in [0.29, 0.717) is 6.54 Å². The second-order valence-corrected chi connectivity index (χ2v) is 4.57. The van der Waals surface area contributed by atoms with Crippen LogP contribution in [0.15, 0.2) is 60.9 Å². The van der Waals surface area contributed by atoms with Crippen LogP contribution in [0.4, 0.5) is 4.79 Å². The zero-order valence-electron chi connectivity index (χ0n) is 11.0. The van der Waals surface area contributed by atoms with Crippen LogP contribution >= 0.6 is 0 Å². The third-order valence-electron chi connectivity index (χ3n) is 3.21. The molecule has 0 unspecified atom stereocenters. The first-order valence-electron chi connectivity index (χ1n) is 6.59. The number of fused-ring (bicyclic) bond motifs is 1. The van der Waals surface area contributed by atoms with E-state index in [1.807, 2.05) is 42.5 Å². The number of hydrogen-bond acceptors (Lipinski definition) is 2. The zero-order chi connectivity index (χ0) is 13.8. The molecule has 2 aromatic carbocycles. The molecular weight excluding hydrogens is 250 g/mol. The van der Waals surface area contributed by atoms with Crippen molar-refractivity contribution in [2.24, 2.45) is 0 Å². The molecule has 100 valence electrons. The van der Waals surface area contributed by atoms with Crippen LogP contribution in [0, 0.1) is 0 Å². The van der Waals surface area contributed by atoms with Gasteiger partial charge in [-0.3, -0.25) is 4.57 Å². The molecule has 0 saturated heterocycles. The predicted octanol–water partition coefficient (Wildman–Crippen LogP) is 2.84. The fourth-order valence-electron chi connectivity index (χ4n) is 2.16. The Morgan fingerprint density at radius 3 is 2.65 bits per heavy atom. The number of imidazole rings is 1. The number of para-hydroxylation sites is 2. The van der Waals surface area contributed by atoms with Crippen LogP contribution in [0.3, 0.4) is 0 Å². The van der Waals surface area contributed by atoms with Crippen molar-refractivity contribution >= 4 is 17.1 Å². The van der Waals surface area contributed by atoms with E-state index in [1.54, 1.807) is 10.9 Å². The van der Waals surface area contributed by atoms with E-state index in [-0.39, 0.29) is 6.03 Å². The number of hydrogen-bond donors (Lipinski definition) is 1. The Morgan fingerprint density at radius 1 is 1.05 bits per heavy atom. The van der Waals surface area contributed by atoms with Gasteiger partial charge in [0, 0.05) is 6.54 Å². The molecular formula is C16H15N3O. The van der Waals surface area contributed by atoms with Gasteiger partial charge in [-0.2, -0.15) is 0 Å². The number of benzene rings is 2. The van der Waals surface area contributed by atoms with Gasteiger partial charge in [-0.05, 0) is 24.1 Å². The average molecular weight is 265 g/mol. The first kappa shape index (κ1) is 12.4. The minimum atomic E-state index is -0.144. The first-order chi connectivity index (χ1) is 9.84. The molecule has 4 nitrogen and oxygen atoms in total. The normalized spacial score (nSPS) is 10.6. The summed E-state index contributed by atoms with van der Waals surface area (Å²) in [6.07, 6.45) is 2.38. The monoisotopic (exact) mass is 265 g/mol. The molecule has 0 atom stereocenters. The minimum Gasteiger partial charge on any atom is -0.337 e. The van der Waals surface area contributed by atoms with Crippen molar-refractivity contribution in [2.75, 3.05) is 6.54 Å². The first-order valence-corrected chi connectivity index (χ1v) is 6.59. The summed E-state index contributed by atoms with van der Waals surface area (Å²) >= 11 is 0. The maximum atomic E-state index is 12.1. The third-order valence-corrected chi connectivity index (χ3v) is 3.21. The van der Waals surface area contributed by atoms with Crippen LogP contribution in [-0.2, 0) is 6.42 Å². The van der Waals surface area contributed by atoms with Crippen molar-refractivity contribution in [3.63, 3.8) is 0 Å². The van der Waals surface area contributed by atoms with E-state index >= 15 is 0 Å². The number of nitrogens with one attached hydrogen (secondary N) is 1. The van der Waals surface area contributed by atoms with Crippen molar-refractivity contribution in [3.05, 3.63) is 66.5 Å². The highest BCUT2D eigenvalue weighted by atomic mass is 16.2. The number of amides is 1. The van der Waals surface area contributed by atoms with Crippen LogP contribution in [0.1, 0.15) is 5.56 Å². The fraction of sp³-hybridized carbons (Fsp3) is 0.125. The van der Waals surface area contributed by atoms with Gasteiger partial charge in [0.2, 0.25) is 0 Å². The van der Waals surface area contributed by atoms with Gasteiger partial charge >= 0.3 is 6.03 Å². The summed E-state index contributed by atoms with van der Waals surface area (Å²) in [5.41, 5.74) is 2.86. The second-order valence-electron chi connectivity index (χ2n) is 4.57. The predicted molar refractivity (Wildman–Crippen MR) is 78.7 cm³/mol. The quantitative estimate of drug-likeness (QED) is 0.791. The van der Waals surface area contributed by atoms with Crippen LogP contribution < -0.4 is 5.32 Å². The van der Waals surface area contributed by atoms with Crippen LogP contribution in [0.2, 0.25) is 0 Å². The van der Waals surface area contributed by atoms with E-state index in [4.69, 9.17) is 0 Å². The number of carbonyl (C=O) groups is 1. The molecule has 3 aromatic rings. The average Bonchev–Trinajstić information content (AvgIpc) is 2.92. The molecule has 0 aliphatic rings. The highest BCUT2D eigenvalue weighted by Gasteiger charge is 2.08. The number of rotatable bonds is 3. The maximum absolute atomic E-state index is 12.1. The lowest BCUT2D eigenvalue weighted by Gasteiger charge is -2.06. The molecule has 4 heteroatoms.